The van der Waals surface area contributed by atoms with Gasteiger partial charge in [0.1, 0.15) is 6.04 Å². The van der Waals surface area contributed by atoms with Crippen LogP contribution in [0.5, 0.6) is 0 Å². The van der Waals surface area contributed by atoms with E-state index < -0.39 is 24.5 Å². The highest BCUT2D eigenvalue weighted by Crippen LogP contribution is 2.27. The van der Waals surface area contributed by atoms with Crippen LogP contribution in [0.25, 0.3) is 0 Å². The molecule has 35 heavy (non-hydrogen) atoms. The number of halogens is 1. The summed E-state index contributed by atoms with van der Waals surface area (Å²) in [5.41, 5.74) is 2.25. The molecular weight excluding hydrogens is 464 g/mol. The van der Waals surface area contributed by atoms with E-state index in [4.69, 9.17) is 16.3 Å². The molecule has 0 aromatic heterocycles. The van der Waals surface area contributed by atoms with Gasteiger partial charge in [-0.2, -0.15) is 0 Å². The van der Waals surface area contributed by atoms with Crippen LogP contribution in [0.4, 0.5) is 0 Å². The maximum absolute atomic E-state index is 13.1. The molecular formula is C28H29ClN2O4. The van der Waals surface area contributed by atoms with Crippen molar-refractivity contribution in [1.29, 1.82) is 0 Å². The number of nitrogens with zero attached hydrogens (tertiary/aromatic N) is 1. The summed E-state index contributed by atoms with van der Waals surface area (Å²) in [6.45, 7) is 3.15. The van der Waals surface area contributed by atoms with Gasteiger partial charge < -0.3 is 15.0 Å². The van der Waals surface area contributed by atoms with Crippen molar-refractivity contribution < 1.29 is 19.1 Å². The lowest BCUT2D eigenvalue weighted by molar-refractivity contribution is -0.154. The average molecular weight is 493 g/mol. The molecule has 3 aromatic rings. The average Bonchev–Trinajstić information content (AvgIpc) is 2.87. The number of esters is 1. The van der Waals surface area contributed by atoms with Crippen LogP contribution < -0.4 is 5.32 Å². The molecule has 0 saturated carbocycles. The molecule has 1 atom stereocenters. The van der Waals surface area contributed by atoms with Crippen LogP contribution in [0.1, 0.15) is 41.4 Å². The third-order valence-corrected chi connectivity index (χ3v) is 5.91. The summed E-state index contributed by atoms with van der Waals surface area (Å²) in [6, 6.07) is 24.4. The summed E-state index contributed by atoms with van der Waals surface area (Å²) >= 11 is 5.88. The largest absolute Gasteiger partial charge is 0.454 e. The zero-order valence-corrected chi connectivity index (χ0v) is 20.7. The van der Waals surface area contributed by atoms with Gasteiger partial charge in [0.05, 0.1) is 6.04 Å². The van der Waals surface area contributed by atoms with Crippen molar-refractivity contribution in [3.05, 3.63) is 107 Å². The Morgan fingerprint density at radius 1 is 0.857 bits per heavy atom. The smallest absolute Gasteiger partial charge is 0.329 e. The minimum absolute atomic E-state index is 0.243. The van der Waals surface area contributed by atoms with Gasteiger partial charge in [-0.25, -0.2) is 4.79 Å². The first kappa shape index (κ1) is 26.0. The third-order valence-electron chi connectivity index (χ3n) is 5.66. The summed E-state index contributed by atoms with van der Waals surface area (Å²) in [5.74, 6) is -1.69. The fourth-order valence-corrected chi connectivity index (χ4v) is 3.83. The molecule has 0 saturated heterocycles. The van der Waals surface area contributed by atoms with Crippen LogP contribution in [0, 0.1) is 5.92 Å². The van der Waals surface area contributed by atoms with Gasteiger partial charge in [0, 0.05) is 17.6 Å². The molecule has 182 valence electrons. The van der Waals surface area contributed by atoms with Crippen molar-refractivity contribution in [2.24, 2.45) is 5.92 Å². The lowest BCUT2D eigenvalue weighted by Crippen LogP contribution is -2.46. The van der Waals surface area contributed by atoms with Crippen molar-refractivity contribution in [1.82, 2.24) is 10.2 Å². The Bertz CT molecular complexity index is 1100. The Kier molecular flexibility index (Phi) is 9.04. The molecule has 7 heteroatoms. The van der Waals surface area contributed by atoms with Crippen LogP contribution in [0.15, 0.2) is 84.9 Å². The van der Waals surface area contributed by atoms with E-state index in [1.165, 1.54) is 0 Å². The first-order chi connectivity index (χ1) is 16.8. The first-order valence-electron chi connectivity index (χ1n) is 11.4. The standard InChI is InChI=1S/C28H29ClN2O4/c1-19(2)25(30-27(33)22-14-16-23(29)17-15-22)28(34)35-18-24(32)31(3)26(20-10-6-4-7-11-20)21-12-8-5-9-13-21/h4-17,19,25-26H,18H2,1-3H3,(H,30,33). The molecule has 3 aromatic carbocycles. The number of carbonyl (C=O) groups excluding carboxylic acids is 3. The second kappa shape index (κ2) is 12.2. The lowest BCUT2D eigenvalue weighted by atomic mass is 9.97. The number of rotatable bonds is 9. The van der Waals surface area contributed by atoms with E-state index in [0.717, 1.165) is 11.1 Å². The third kappa shape index (κ3) is 6.93. The Balaban J connectivity index is 1.68. The molecule has 0 fully saturated rings. The van der Waals surface area contributed by atoms with Crippen molar-refractivity contribution in [2.75, 3.05) is 13.7 Å². The van der Waals surface area contributed by atoms with Gasteiger partial charge in [-0.15, -0.1) is 0 Å². The lowest BCUT2D eigenvalue weighted by Gasteiger charge is -2.29. The van der Waals surface area contributed by atoms with Crippen molar-refractivity contribution in [3.63, 3.8) is 0 Å². The number of carbonyl (C=O) groups is 3. The van der Waals surface area contributed by atoms with Crippen LogP contribution in [0.3, 0.4) is 0 Å². The predicted octanol–water partition coefficient (Wildman–Crippen LogP) is 4.89. The number of ether oxygens (including phenoxy) is 1. The van der Waals surface area contributed by atoms with E-state index in [1.54, 1.807) is 50.1 Å². The number of benzene rings is 3. The second-order valence-electron chi connectivity index (χ2n) is 8.54. The molecule has 0 radical (unpaired) electrons. The van der Waals surface area contributed by atoms with Crippen LogP contribution >= 0.6 is 11.6 Å². The fourth-order valence-electron chi connectivity index (χ4n) is 3.70. The molecule has 0 heterocycles. The number of amides is 2. The van der Waals surface area contributed by atoms with Crippen molar-refractivity contribution in [2.45, 2.75) is 25.9 Å². The molecule has 2 amide bonds. The topological polar surface area (TPSA) is 75.7 Å². The van der Waals surface area contributed by atoms with Crippen LogP contribution in [-0.2, 0) is 14.3 Å². The van der Waals surface area contributed by atoms with Gasteiger partial charge in [0.15, 0.2) is 6.61 Å². The van der Waals surface area contributed by atoms with Gasteiger partial charge in [0.25, 0.3) is 11.8 Å². The van der Waals surface area contributed by atoms with Gasteiger partial charge in [-0.3, -0.25) is 9.59 Å². The van der Waals surface area contributed by atoms with Gasteiger partial charge in [-0.05, 0) is 41.3 Å². The van der Waals surface area contributed by atoms with E-state index in [0.29, 0.717) is 10.6 Å². The Morgan fingerprint density at radius 3 is 1.86 bits per heavy atom. The predicted molar refractivity (Wildman–Crippen MR) is 136 cm³/mol. The van der Waals surface area contributed by atoms with Gasteiger partial charge in [-0.1, -0.05) is 86.1 Å². The molecule has 3 rings (SSSR count). The number of nitrogens with one attached hydrogen (secondary N) is 1. The monoisotopic (exact) mass is 492 g/mol. The highest BCUT2D eigenvalue weighted by Gasteiger charge is 2.29. The highest BCUT2D eigenvalue weighted by atomic mass is 35.5. The Labute approximate surface area is 210 Å². The Morgan fingerprint density at radius 2 is 1.37 bits per heavy atom. The zero-order chi connectivity index (χ0) is 25.4. The summed E-state index contributed by atoms with van der Waals surface area (Å²) in [6.07, 6.45) is 0. The number of likely N-dealkylation sites (N-methyl/N-ethyl adjacent to an activating group) is 1. The maximum Gasteiger partial charge on any atom is 0.329 e. The summed E-state index contributed by atoms with van der Waals surface area (Å²) in [7, 11) is 1.68. The number of hydrogen-bond acceptors (Lipinski definition) is 4. The molecule has 0 bridgehead atoms. The quantitative estimate of drug-likeness (QED) is 0.432. The molecule has 0 aliphatic rings. The maximum atomic E-state index is 13.1. The number of hydrogen-bond donors (Lipinski definition) is 1. The van der Waals surface area contributed by atoms with Crippen molar-refractivity contribution in [3.8, 4) is 0 Å². The minimum atomic E-state index is -0.907. The van der Waals surface area contributed by atoms with E-state index in [9.17, 15) is 14.4 Å². The molecule has 1 N–H and O–H groups in total. The van der Waals surface area contributed by atoms with E-state index in [-0.39, 0.29) is 17.9 Å². The van der Waals surface area contributed by atoms with Crippen LogP contribution in [-0.4, -0.2) is 42.4 Å². The minimum Gasteiger partial charge on any atom is -0.454 e. The molecule has 0 aliphatic carbocycles. The van der Waals surface area contributed by atoms with Gasteiger partial charge in [0.2, 0.25) is 0 Å². The van der Waals surface area contributed by atoms with E-state index in [1.807, 2.05) is 60.7 Å². The van der Waals surface area contributed by atoms with E-state index in [2.05, 4.69) is 5.32 Å². The molecule has 1 unspecified atom stereocenters. The first-order valence-corrected chi connectivity index (χ1v) is 11.7. The van der Waals surface area contributed by atoms with E-state index >= 15 is 0 Å². The van der Waals surface area contributed by atoms with Crippen LogP contribution in [0.2, 0.25) is 5.02 Å². The molecule has 6 nitrogen and oxygen atoms in total. The normalized spacial score (nSPS) is 11.7. The molecule has 0 spiro atoms. The Hall–Kier alpha value is -3.64. The zero-order valence-electron chi connectivity index (χ0n) is 20.0. The fraction of sp³-hybridized carbons (Fsp3) is 0.250. The summed E-state index contributed by atoms with van der Waals surface area (Å²) in [5, 5.41) is 3.21. The van der Waals surface area contributed by atoms with Crippen molar-refractivity contribution >= 4 is 29.4 Å². The molecule has 0 aliphatic heterocycles. The van der Waals surface area contributed by atoms with Gasteiger partial charge >= 0.3 is 5.97 Å². The summed E-state index contributed by atoms with van der Waals surface area (Å²) in [4.78, 5) is 40.0. The SMILES string of the molecule is CC(C)C(NC(=O)c1ccc(Cl)cc1)C(=O)OCC(=O)N(C)C(c1ccccc1)c1ccccc1. The highest BCUT2D eigenvalue weighted by molar-refractivity contribution is 6.30. The second-order valence-corrected chi connectivity index (χ2v) is 8.97. The summed E-state index contributed by atoms with van der Waals surface area (Å²) < 4.78 is 5.36.